The van der Waals surface area contributed by atoms with E-state index in [2.05, 4.69) is 4.98 Å². The molecule has 2 N–H and O–H groups in total. The van der Waals surface area contributed by atoms with E-state index < -0.39 is 11.7 Å². The maximum absolute atomic E-state index is 12.6. The zero-order valence-corrected chi connectivity index (χ0v) is 10.3. The lowest BCUT2D eigenvalue weighted by atomic mass is 10.2. The monoisotopic (exact) mass is 273 g/mol. The highest BCUT2D eigenvalue weighted by molar-refractivity contribution is 7.80. The quantitative estimate of drug-likeness (QED) is 0.855. The first-order valence-electron chi connectivity index (χ1n) is 5.12. The van der Waals surface area contributed by atoms with Crippen LogP contribution in [-0.2, 0) is 12.6 Å². The summed E-state index contributed by atoms with van der Waals surface area (Å²) in [6.45, 7) is 1.72. The van der Waals surface area contributed by atoms with E-state index in [1.165, 1.54) is 6.20 Å². The second-order valence-electron chi connectivity index (χ2n) is 3.93. The number of rotatable bonds is 2. The molecule has 0 aliphatic carbocycles. The molecule has 0 fully saturated rings. The van der Waals surface area contributed by atoms with Crippen molar-refractivity contribution < 1.29 is 13.2 Å². The van der Waals surface area contributed by atoms with Gasteiger partial charge in [0.2, 0.25) is 0 Å². The maximum Gasteiger partial charge on any atom is 0.416 e. The van der Waals surface area contributed by atoms with Crippen molar-refractivity contribution >= 4 is 22.9 Å². The van der Waals surface area contributed by atoms with E-state index in [-0.39, 0.29) is 10.6 Å². The summed E-state index contributed by atoms with van der Waals surface area (Å²) >= 11 is 4.81. The first-order valence-corrected chi connectivity index (χ1v) is 5.53. The molecular formula is C11H10F3N3S. The zero-order chi connectivity index (χ0) is 13.5. The molecule has 0 unspecified atom stereocenters. The molecular weight excluding hydrogens is 263 g/mol. The molecule has 96 valence electrons. The number of hydrogen-bond acceptors (Lipinski definition) is 2. The zero-order valence-electron chi connectivity index (χ0n) is 9.45. The van der Waals surface area contributed by atoms with E-state index in [0.29, 0.717) is 17.8 Å². The highest BCUT2D eigenvalue weighted by atomic mass is 32.1. The topological polar surface area (TPSA) is 43.3 Å². The number of pyridine rings is 1. The number of nitrogens with zero attached hydrogens (tertiary/aromatic N) is 2. The van der Waals surface area contributed by atoms with Crippen molar-refractivity contribution in [3.05, 3.63) is 35.3 Å². The van der Waals surface area contributed by atoms with E-state index in [0.717, 1.165) is 12.1 Å². The number of fused-ring (bicyclic) bond motifs is 1. The van der Waals surface area contributed by atoms with Crippen LogP contribution in [0.15, 0.2) is 18.3 Å². The molecule has 0 aliphatic rings. The number of thiocarbonyl (C=S) groups is 1. The standard InChI is InChI=1S/C11H10F3N3S/c1-6-8(5-9(15)18)17-3-2-7(11(12,13)14)4-10(17)16-6/h2-4H,5H2,1H3,(H2,15,18). The lowest BCUT2D eigenvalue weighted by molar-refractivity contribution is -0.137. The molecule has 0 aliphatic heterocycles. The Kier molecular flexibility index (Phi) is 3.02. The minimum Gasteiger partial charge on any atom is -0.393 e. The second-order valence-corrected chi connectivity index (χ2v) is 4.45. The fourth-order valence-corrected chi connectivity index (χ4v) is 1.90. The van der Waals surface area contributed by atoms with Crippen LogP contribution in [0.25, 0.3) is 5.65 Å². The molecule has 0 bridgehead atoms. The third-order valence-corrected chi connectivity index (χ3v) is 2.74. The van der Waals surface area contributed by atoms with Gasteiger partial charge in [0.25, 0.3) is 0 Å². The smallest absolute Gasteiger partial charge is 0.393 e. The maximum atomic E-state index is 12.6. The summed E-state index contributed by atoms with van der Waals surface area (Å²) < 4.78 is 39.2. The Bertz CT molecular complexity index is 616. The number of aromatic nitrogens is 2. The number of hydrogen-bond donors (Lipinski definition) is 1. The summed E-state index contributed by atoms with van der Waals surface area (Å²) in [5.41, 5.74) is 6.32. The van der Waals surface area contributed by atoms with Gasteiger partial charge in [-0.3, -0.25) is 0 Å². The lowest BCUT2D eigenvalue weighted by Gasteiger charge is -2.07. The van der Waals surface area contributed by atoms with Crippen molar-refractivity contribution in [3.63, 3.8) is 0 Å². The van der Waals surface area contributed by atoms with Gasteiger partial charge in [-0.25, -0.2) is 4.98 Å². The summed E-state index contributed by atoms with van der Waals surface area (Å²) in [6, 6.07) is 2.02. The highest BCUT2D eigenvalue weighted by Crippen LogP contribution is 2.30. The molecule has 7 heteroatoms. The highest BCUT2D eigenvalue weighted by Gasteiger charge is 2.31. The fourth-order valence-electron chi connectivity index (χ4n) is 1.77. The Hall–Kier alpha value is -1.63. The number of imidazole rings is 1. The third kappa shape index (κ3) is 2.31. The van der Waals surface area contributed by atoms with Crippen molar-refractivity contribution in [3.8, 4) is 0 Å². The number of aryl methyl sites for hydroxylation is 1. The van der Waals surface area contributed by atoms with Gasteiger partial charge in [-0.05, 0) is 19.1 Å². The van der Waals surface area contributed by atoms with E-state index in [1.54, 1.807) is 11.3 Å². The van der Waals surface area contributed by atoms with Gasteiger partial charge in [0.15, 0.2) is 0 Å². The molecule has 2 rings (SSSR count). The van der Waals surface area contributed by atoms with E-state index in [1.807, 2.05) is 0 Å². The summed E-state index contributed by atoms with van der Waals surface area (Å²) in [5.74, 6) is 0. The summed E-state index contributed by atoms with van der Waals surface area (Å²) in [4.78, 5) is 4.37. The van der Waals surface area contributed by atoms with Crippen molar-refractivity contribution in [2.45, 2.75) is 19.5 Å². The van der Waals surface area contributed by atoms with Gasteiger partial charge in [-0.2, -0.15) is 13.2 Å². The van der Waals surface area contributed by atoms with Crippen molar-refractivity contribution in [2.75, 3.05) is 0 Å². The molecule has 0 radical (unpaired) electrons. The number of nitrogens with two attached hydrogens (primary N) is 1. The molecule has 2 heterocycles. The molecule has 2 aromatic rings. The van der Waals surface area contributed by atoms with Crippen molar-refractivity contribution in [1.29, 1.82) is 0 Å². The van der Waals surface area contributed by atoms with Crippen molar-refractivity contribution in [2.24, 2.45) is 5.73 Å². The SMILES string of the molecule is Cc1nc2cc(C(F)(F)F)ccn2c1CC(N)=S. The Balaban J connectivity index is 2.58. The average Bonchev–Trinajstić information content (AvgIpc) is 2.53. The Morgan fingerprint density at radius 2 is 2.17 bits per heavy atom. The van der Waals surface area contributed by atoms with Crippen LogP contribution in [0.1, 0.15) is 17.0 Å². The fraction of sp³-hybridized carbons (Fsp3) is 0.273. The third-order valence-electron chi connectivity index (χ3n) is 2.59. The van der Waals surface area contributed by atoms with Crippen LogP contribution in [0.2, 0.25) is 0 Å². The minimum atomic E-state index is -4.37. The Morgan fingerprint density at radius 3 is 2.72 bits per heavy atom. The van der Waals surface area contributed by atoms with Crippen LogP contribution in [0, 0.1) is 6.92 Å². The van der Waals surface area contributed by atoms with E-state index in [4.69, 9.17) is 18.0 Å². The molecule has 0 atom stereocenters. The largest absolute Gasteiger partial charge is 0.416 e. The van der Waals surface area contributed by atoms with Gasteiger partial charge < -0.3 is 10.1 Å². The second kappa shape index (κ2) is 4.24. The molecule has 18 heavy (non-hydrogen) atoms. The lowest BCUT2D eigenvalue weighted by Crippen LogP contribution is -2.13. The van der Waals surface area contributed by atoms with Crippen LogP contribution < -0.4 is 5.73 Å². The van der Waals surface area contributed by atoms with Crippen LogP contribution in [0.4, 0.5) is 13.2 Å². The normalized spacial score (nSPS) is 12.0. The van der Waals surface area contributed by atoms with Crippen LogP contribution in [0.5, 0.6) is 0 Å². The summed E-state index contributed by atoms with van der Waals surface area (Å²) in [6.07, 6.45) is -2.72. The molecule has 0 saturated heterocycles. The first-order chi connectivity index (χ1) is 8.29. The van der Waals surface area contributed by atoms with Crippen LogP contribution in [0.3, 0.4) is 0 Å². The van der Waals surface area contributed by atoms with Gasteiger partial charge in [-0.1, -0.05) is 12.2 Å². The molecule has 0 spiro atoms. The Morgan fingerprint density at radius 1 is 1.50 bits per heavy atom. The minimum absolute atomic E-state index is 0.244. The predicted molar refractivity (Wildman–Crippen MR) is 65.4 cm³/mol. The number of alkyl halides is 3. The molecule has 2 aromatic heterocycles. The average molecular weight is 273 g/mol. The van der Waals surface area contributed by atoms with E-state index in [9.17, 15) is 13.2 Å². The van der Waals surface area contributed by atoms with Gasteiger partial charge in [0.1, 0.15) is 5.65 Å². The summed E-state index contributed by atoms with van der Waals surface area (Å²) in [5, 5.41) is 0. The van der Waals surface area contributed by atoms with Gasteiger partial charge in [-0.15, -0.1) is 0 Å². The molecule has 0 saturated carbocycles. The predicted octanol–water partition coefficient (Wildman–Crippen LogP) is 2.49. The van der Waals surface area contributed by atoms with Crippen molar-refractivity contribution in [1.82, 2.24) is 9.38 Å². The Labute approximate surface area is 106 Å². The van der Waals surface area contributed by atoms with E-state index >= 15 is 0 Å². The van der Waals surface area contributed by atoms with Gasteiger partial charge in [0.05, 0.1) is 21.9 Å². The molecule has 0 amide bonds. The van der Waals surface area contributed by atoms with Crippen LogP contribution >= 0.6 is 12.2 Å². The first kappa shape index (κ1) is 12.8. The van der Waals surface area contributed by atoms with Gasteiger partial charge in [0, 0.05) is 12.6 Å². The molecule has 3 nitrogen and oxygen atoms in total. The van der Waals surface area contributed by atoms with Gasteiger partial charge >= 0.3 is 6.18 Å². The number of halogens is 3. The van der Waals surface area contributed by atoms with Crippen LogP contribution in [-0.4, -0.2) is 14.4 Å². The molecule has 0 aromatic carbocycles. The summed E-state index contributed by atoms with van der Waals surface area (Å²) in [7, 11) is 0.